The predicted molar refractivity (Wildman–Crippen MR) is 165 cm³/mol. The van der Waals surface area contributed by atoms with Crippen molar-refractivity contribution in [1.82, 2.24) is 0 Å². The Balaban J connectivity index is 1.70. The summed E-state index contributed by atoms with van der Waals surface area (Å²) in [4.78, 5) is 52.1. The summed E-state index contributed by atoms with van der Waals surface area (Å²) < 4.78 is 23.4. The first-order valence-corrected chi connectivity index (χ1v) is 15.4. The van der Waals surface area contributed by atoms with E-state index in [0.29, 0.717) is 12.8 Å². The molecule has 0 amide bonds. The van der Waals surface area contributed by atoms with Gasteiger partial charge in [-0.05, 0) is 56.9 Å². The summed E-state index contributed by atoms with van der Waals surface area (Å²) in [7, 11) is 0. The topological polar surface area (TPSA) is 146 Å². The van der Waals surface area contributed by atoms with Crippen molar-refractivity contribution in [2.75, 3.05) is 6.61 Å². The average molecular weight is 633 g/mol. The van der Waals surface area contributed by atoms with Gasteiger partial charge in [0.25, 0.3) is 0 Å². The van der Waals surface area contributed by atoms with E-state index >= 15 is 0 Å². The lowest BCUT2D eigenvalue weighted by Gasteiger charge is -2.66. The molecular formula is C36H40O10. The molecule has 0 aromatic heterocycles. The standard InChI is InChI=1S/C36H40O10/c1-21-13-12-18-26-34(21,3)29(45-31(39)23-14-8-6-9-15-23)30(46-32(40)24-16-10-7-11-17-24)36(5,42)35(26,4)27(44-22(2)37)19-25-20-43-33(41)28(25)38/h6-11,13-17,26-27,29-30,38,42H,12,18-20H2,1-5H3/t26-,27-,29-,30-,34-,35-,36-/m1/s1. The lowest BCUT2D eigenvalue weighted by molar-refractivity contribution is -0.290. The van der Waals surface area contributed by atoms with Crippen molar-refractivity contribution >= 4 is 23.9 Å². The summed E-state index contributed by atoms with van der Waals surface area (Å²) in [5, 5.41) is 23.4. The van der Waals surface area contributed by atoms with Crippen molar-refractivity contribution in [3.8, 4) is 0 Å². The summed E-state index contributed by atoms with van der Waals surface area (Å²) in [5.74, 6) is -4.01. The number of cyclic esters (lactones) is 1. The van der Waals surface area contributed by atoms with Crippen LogP contribution >= 0.6 is 0 Å². The van der Waals surface area contributed by atoms with E-state index in [1.165, 1.54) is 13.8 Å². The van der Waals surface area contributed by atoms with Gasteiger partial charge in [-0.1, -0.05) is 61.9 Å². The fourth-order valence-corrected chi connectivity index (χ4v) is 7.69. The molecule has 0 spiro atoms. The Kier molecular flexibility index (Phi) is 8.88. The van der Waals surface area contributed by atoms with Crippen molar-refractivity contribution in [3.05, 3.63) is 94.8 Å². The Morgan fingerprint density at radius 2 is 1.48 bits per heavy atom. The second-order valence-corrected chi connectivity index (χ2v) is 12.9. The molecule has 2 aromatic carbocycles. The number of fused-ring (bicyclic) bond motifs is 1. The zero-order valence-electron chi connectivity index (χ0n) is 26.6. The zero-order chi connectivity index (χ0) is 33.4. The maximum Gasteiger partial charge on any atom is 0.373 e. The van der Waals surface area contributed by atoms with Gasteiger partial charge in [0.15, 0.2) is 12.2 Å². The first-order valence-electron chi connectivity index (χ1n) is 15.4. The van der Waals surface area contributed by atoms with Crippen LogP contribution in [0.5, 0.6) is 0 Å². The third-order valence-electron chi connectivity index (χ3n) is 10.5. The van der Waals surface area contributed by atoms with Gasteiger partial charge in [0, 0.05) is 29.7 Å². The quantitative estimate of drug-likeness (QED) is 0.224. The van der Waals surface area contributed by atoms with E-state index in [1.54, 1.807) is 67.6 Å². The molecule has 2 aromatic rings. The lowest BCUT2D eigenvalue weighted by Crippen LogP contribution is -2.75. The van der Waals surface area contributed by atoms with Crippen LogP contribution in [0.3, 0.4) is 0 Å². The summed E-state index contributed by atoms with van der Waals surface area (Å²) in [6, 6.07) is 16.7. The van der Waals surface area contributed by atoms with Crippen molar-refractivity contribution in [2.24, 2.45) is 16.7 Å². The van der Waals surface area contributed by atoms with Crippen LogP contribution in [0, 0.1) is 16.7 Å². The summed E-state index contributed by atoms with van der Waals surface area (Å²) in [6.07, 6.45) is -0.722. The molecule has 2 N–H and O–H groups in total. The Morgan fingerprint density at radius 3 is 1.98 bits per heavy atom. The summed E-state index contributed by atoms with van der Waals surface area (Å²) >= 11 is 0. The van der Waals surface area contributed by atoms with Crippen LogP contribution in [-0.4, -0.2) is 64.6 Å². The number of carbonyl (C=O) groups is 4. The highest BCUT2D eigenvalue weighted by Crippen LogP contribution is 2.65. The summed E-state index contributed by atoms with van der Waals surface area (Å²) in [5.41, 5.74) is -2.84. The molecule has 5 rings (SSSR count). The molecule has 46 heavy (non-hydrogen) atoms. The second-order valence-electron chi connectivity index (χ2n) is 12.9. The molecule has 0 bridgehead atoms. The minimum absolute atomic E-state index is 0.132. The predicted octanol–water partition coefficient (Wildman–Crippen LogP) is 5.26. The van der Waals surface area contributed by atoms with Crippen molar-refractivity contribution in [1.29, 1.82) is 0 Å². The number of allylic oxidation sites excluding steroid dienone is 1. The van der Waals surface area contributed by atoms with E-state index in [-0.39, 0.29) is 29.7 Å². The molecule has 0 unspecified atom stereocenters. The van der Waals surface area contributed by atoms with Gasteiger partial charge in [0.05, 0.1) is 11.1 Å². The van der Waals surface area contributed by atoms with Gasteiger partial charge in [-0.2, -0.15) is 0 Å². The number of carbonyl (C=O) groups excluding carboxylic acids is 4. The number of hydrogen-bond donors (Lipinski definition) is 2. The van der Waals surface area contributed by atoms with E-state index in [2.05, 4.69) is 0 Å². The molecule has 10 heteroatoms. The molecule has 1 heterocycles. The van der Waals surface area contributed by atoms with E-state index in [4.69, 9.17) is 18.9 Å². The van der Waals surface area contributed by atoms with Gasteiger partial charge in [-0.15, -0.1) is 0 Å². The number of ether oxygens (including phenoxy) is 4. The number of benzene rings is 2. The Morgan fingerprint density at radius 1 is 0.935 bits per heavy atom. The average Bonchev–Trinajstić information content (AvgIpc) is 3.35. The fourth-order valence-electron chi connectivity index (χ4n) is 7.69. The number of esters is 4. The van der Waals surface area contributed by atoms with Crippen molar-refractivity contribution in [3.63, 3.8) is 0 Å². The Hall–Kier alpha value is -4.44. The van der Waals surface area contributed by atoms with E-state index in [1.807, 2.05) is 19.9 Å². The largest absolute Gasteiger partial charge is 0.502 e. The van der Waals surface area contributed by atoms with Crippen LogP contribution in [0.4, 0.5) is 0 Å². The van der Waals surface area contributed by atoms with Crippen LogP contribution in [0.15, 0.2) is 83.6 Å². The summed E-state index contributed by atoms with van der Waals surface area (Å²) in [6.45, 7) is 8.10. The zero-order valence-corrected chi connectivity index (χ0v) is 26.6. The molecule has 244 valence electrons. The van der Waals surface area contributed by atoms with Gasteiger partial charge in [-0.25, -0.2) is 14.4 Å². The lowest BCUT2D eigenvalue weighted by atomic mass is 9.42. The molecule has 0 saturated heterocycles. The fraction of sp³-hybridized carbons (Fsp3) is 0.444. The highest BCUT2D eigenvalue weighted by molar-refractivity contribution is 5.91. The molecule has 3 aliphatic rings. The minimum Gasteiger partial charge on any atom is -0.502 e. The monoisotopic (exact) mass is 632 g/mol. The van der Waals surface area contributed by atoms with Gasteiger partial charge in [0.1, 0.15) is 18.3 Å². The second kappa shape index (κ2) is 12.4. The van der Waals surface area contributed by atoms with E-state index < -0.39 is 70.3 Å². The van der Waals surface area contributed by atoms with Gasteiger partial charge in [0.2, 0.25) is 5.76 Å². The van der Waals surface area contributed by atoms with E-state index in [9.17, 15) is 29.4 Å². The Labute approximate surface area is 268 Å². The van der Waals surface area contributed by atoms with Crippen LogP contribution in [0.25, 0.3) is 0 Å². The SMILES string of the molecule is CC(=O)O[C@H](CC1=C(O)C(=O)OC1)[C@@]1(C)[C@@H]2CCC=C(C)[C@@]2(C)[C@H](OC(=O)c2ccccc2)[C@@H](OC(=O)c2ccccc2)[C@@]1(C)O. The van der Waals surface area contributed by atoms with Crippen molar-refractivity contribution in [2.45, 2.75) is 77.8 Å². The van der Waals surface area contributed by atoms with Crippen molar-refractivity contribution < 1.29 is 48.3 Å². The third kappa shape index (κ3) is 5.48. The maximum absolute atomic E-state index is 13.7. The first-order chi connectivity index (χ1) is 21.7. The number of hydrogen-bond acceptors (Lipinski definition) is 10. The number of aliphatic hydroxyl groups is 2. The normalized spacial score (nSPS) is 31.2. The molecule has 10 nitrogen and oxygen atoms in total. The smallest absolute Gasteiger partial charge is 0.373 e. The van der Waals surface area contributed by atoms with Crippen LogP contribution in [0.1, 0.15) is 74.6 Å². The molecule has 1 fully saturated rings. The molecule has 7 atom stereocenters. The molecule has 2 aliphatic carbocycles. The molecule has 1 saturated carbocycles. The molecule has 0 radical (unpaired) electrons. The van der Waals surface area contributed by atoms with Crippen LogP contribution in [0.2, 0.25) is 0 Å². The highest BCUT2D eigenvalue weighted by Gasteiger charge is 2.73. The highest BCUT2D eigenvalue weighted by atomic mass is 16.6. The third-order valence-corrected chi connectivity index (χ3v) is 10.5. The number of rotatable bonds is 8. The minimum atomic E-state index is -2.00. The molecular weight excluding hydrogens is 592 g/mol. The van der Waals surface area contributed by atoms with Crippen LogP contribution < -0.4 is 0 Å². The first kappa shape index (κ1) is 32.9. The maximum atomic E-state index is 13.7. The van der Waals surface area contributed by atoms with Gasteiger partial charge in [-0.3, -0.25) is 4.79 Å². The van der Waals surface area contributed by atoms with Gasteiger partial charge < -0.3 is 29.2 Å². The van der Waals surface area contributed by atoms with E-state index in [0.717, 1.165) is 5.57 Å². The van der Waals surface area contributed by atoms with Crippen LogP contribution in [-0.2, 0) is 28.5 Å². The molecule has 1 aliphatic heterocycles. The number of aliphatic hydroxyl groups excluding tert-OH is 1. The Bertz CT molecular complexity index is 1580. The van der Waals surface area contributed by atoms with Gasteiger partial charge >= 0.3 is 23.9 Å².